The van der Waals surface area contributed by atoms with E-state index < -0.39 is 11.2 Å². The molecule has 4 heteroatoms. The second kappa shape index (κ2) is 7.82. The van der Waals surface area contributed by atoms with Gasteiger partial charge in [0, 0.05) is 0 Å². The van der Waals surface area contributed by atoms with E-state index in [0.717, 1.165) is 5.56 Å². The number of carbonyl (C=O) groups is 2. The fourth-order valence-electron chi connectivity index (χ4n) is 2.18. The molecule has 1 aromatic carbocycles. The Balaban J connectivity index is 2.75. The summed E-state index contributed by atoms with van der Waals surface area (Å²) < 4.78 is 10.8. The van der Waals surface area contributed by atoms with Gasteiger partial charge in [0.05, 0.1) is 11.5 Å². The SMILES string of the molecule is CCC(Cc1ccc(C(=O)OC(C)(C)C)cc1)C(=O)OC(C)(C)C. The zero-order valence-electron chi connectivity index (χ0n) is 15.9. The standard InChI is InChI=1S/C20H30O4/c1-8-15(17(21)23-19(2,3)4)13-14-9-11-16(12-10-14)18(22)24-20(5,6)7/h9-12,15H,8,13H2,1-7H3. The maximum Gasteiger partial charge on any atom is 0.338 e. The lowest BCUT2D eigenvalue weighted by Gasteiger charge is -2.23. The van der Waals surface area contributed by atoms with Crippen LogP contribution in [0.4, 0.5) is 0 Å². The first-order chi connectivity index (χ1) is 10.9. The Hall–Kier alpha value is -1.84. The van der Waals surface area contributed by atoms with Crippen molar-refractivity contribution in [3.8, 4) is 0 Å². The van der Waals surface area contributed by atoms with Gasteiger partial charge in [-0.15, -0.1) is 0 Å². The number of rotatable bonds is 5. The molecule has 0 aliphatic rings. The van der Waals surface area contributed by atoms with Gasteiger partial charge in [0.2, 0.25) is 0 Å². The minimum absolute atomic E-state index is 0.179. The normalized spacial score (nSPS) is 13.3. The number of benzene rings is 1. The maximum absolute atomic E-state index is 12.2. The summed E-state index contributed by atoms with van der Waals surface area (Å²) in [4.78, 5) is 24.2. The minimum atomic E-state index is -0.514. The van der Waals surface area contributed by atoms with Gasteiger partial charge in [-0.25, -0.2) is 4.79 Å². The third kappa shape index (κ3) is 7.16. The Labute approximate surface area is 145 Å². The molecule has 0 aliphatic heterocycles. The van der Waals surface area contributed by atoms with Crippen molar-refractivity contribution >= 4 is 11.9 Å². The first kappa shape index (κ1) is 20.2. The van der Waals surface area contributed by atoms with E-state index in [9.17, 15) is 9.59 Å². The number of carbonyl (C=O) groups excluding carboxylic acids is 2. The highest BCUT2D eigenvalue weighted by Crippen LogP contribution is 2.19. The average Bonchev–Trinajstić information content (AvgIpc) is 2.41. The van der Waals surface area contributed by atoms with Gasteiger partial charge < -0.3 is 9.47 Å². The average molecular weight is 334 g/mol. The number of hydrogen-bond donors (Lipinski definition) is 0. The monoisotopic (exact) mass is 334 g/mol. The van der Waals surface area contributed by atoms with Crippen molar-refractivity contribution in [1.29, 1.82) is 0 Å². The first-order valence-electron chi connectivity index (χ1n) is 8.46. The fourth-order valence-corrected chi connectivity index (χ4v) is 2.18. The van der Waals surface area contributed by atoms with E-state index in [1.807, 2.05) is 60.6 Å². The molecule has 1 aromatic rings. The summed E-state index contributed by atoms with van der Waals surface area (Å²) in [7, 11) is 0. The summed E-state index contributed by atoms with van der Waals surface area (Å²) in [6, 6.07) is 7.22. The second-order valence-electron chi connectivity index (χ2n) is 8.04. The minimum Gasteiger partial charge on any atom is -0.460 e. The third-order valence-electron chi connectivity index (χ3n) is 3.30. The van der Waals surface area contributed by atoms with Crippen LogP contribution in [-0.4, -0.2) is 23.1 Å². The molecule has 0 radical (unpaired) electrons. The molecule has 0 spiro atoms. The van der Waals surface area contributed by atoms with Crippen molar-refractivity contribution in [2.24, 2.45) is 5.92 Å². The molecule has 0 amide bonds. The molecule has 24 heavy (non-hydrogen) atoms. The molecule has 0 aliphatic carbocycles. The highest BCUT2D eigenvalue weighted by Gasteiger charge is 2.24. The van der Waals surface area contributed by atoms with Crippen molar-refractivity contribution in [2.75, 3.05) is 0 Å². The molecule has 0 saturated heterocycles. The van der Waals surface area contributed by atoms with E-state index in [-0.39, 0.29) is 17.9 Å². The lowest BCUT2D eigenvalue weighted by Crippen LogP contribution is -2.29. The summed E-state index contributed by atoms with van der Waals surface area (Å²) in [6.45, 7) is 13.1. The zero-order chi connectivity index (χ0) is 18.5. The van der Waals surface area contributed by atoms with E-state index >= 15 is 0 Å². The molecule has 0 heterocycles. The van der Waals surface area contributed by atoms with Gasteiger partial charge >= 0.3 is 11.9 Å². The molecule has 4 nitrogen and oxygen atoms in total. The van der Waals surface area contributed by atoms with Crippen LogP contribution in [0.15, 0.2) is 24.3 Å². The third-order valence-corrected chi connectivity index (χ3v) is 3.30. The largest absolute Gasteiger partial charge is 0.460 e. The van der Waals surface area contributed by atoms with Crippen LogP contribution < -0.4 is 0 Å². The summed E-state index contributed by atoms with van der Waals surface area (Å²) >= 11 is 0. The molecule has 0 aromatic heterocycles. The van der Waals surface area contributed by atoms with Crippen LogP contribution in [0.5, 0.6) is 0 Å². The Morgan fingerprint density at radius 3 is 1.83 bits per heavy atom. The molecule has 0 bridgehead atoms. The van der Waals surface area contributed by atoms with Gasteiger partial charge in [-0.2, -0.15) is 0 Å². The van der Waals surface area contributed by atoms with Crippen LogP contribution in [0.25, 0.3) is 0 Å². The molecular formula is C20H30O4. The molecule has 0 saturated carbocycles. The number of esters is 2. The number of hydrogen-bond acceptors (Lipinski definition) is 4. The Kier molecular flexibility index (Phi) is 6.58. The maximum atomic E-state index is 12.2. The predicted molar refractivity (Wildman–Crippen MR) is 94.9 cm³/mol. The van der Waals surface area contributed by atoms with Crippen LogP contribution in [0.2, 0.25) is 0 Å². The Morgan fingerprint density at radius 1 is 0.917 bits per heavy atom. The van der Waals surface area contributed by atoms with Crippen molar-refractivity contribution in [3.63, 3.8) is 0 Å². The predicted octanol–water partition coefficient (Wildman–Crippen LogP) is 4.55. The Bertz CT molecular complexity index is 559. The van der Waals surface area contributed by atoms with Crippen molar-refractivity contribution in [2.45, 2.75) is 72.5 Å². The van der Waals surface area contributed by atoms with Crippen molar-refractivity contribution < 1.29 is 19.1 Å². The Morgan fingerprint density at radius 2 is 1.42 bits per heavy atom. The lowest BCUT2D eigenvalue weighted by molar-refractivity contribution is -0.160. The van der Waals surface area contributed by atoms with E-state index in [4.69, 9.17) is 9.47 Å². The van der Waals surface area contributed by atoms with E-state index in [2.05, 4.69) is 0 Å². The van der Waals surface area contributed by atoms with Gasteiger partial charge in [-0.3, -0.25) is 4.79 Å². The van der Waals surface area contributed by atoms with E-state index in [1.54, 1.807) is 12.1 Å². The van der Waals surface area contributed by atoms with E-state index in [1.165, 1.54) is 0 Å². The van der Waals surface area contributed by atoms with Crippen LogP contribution in [0, 0.1) is 5.92 Å². The van der Waals surface area contributed by atoms with Crippen molar-refractivity contribution in [1.82, 2.24) is 0 Å². The molecule has 1 unspecified atom stereocenters. The summed E-state index contributed by atoms with van der Waals surface area (Å²) in [5.74, 6) is -0.703. The summed E-state index contributed by atoms with van der Waals surface area (Å²) in [6.07, 6.45) is 1.31. The quantitative estimate of drug-likeness (QED) is 0.741. The fraction of sp³-hybridized carbons (Fsp3) is 0.600. The van der Waals surface area contributed by atoms with Crippen LogP contribution in [0.3, 0.4) is 0 Å². The first-order valence-corrected chi connectivity index (χ1v) is 8.46. The smallest absolute Gasteiger partial charge is 0.338 e. The molecular weight excluding hydrogens is 304 g/mol. The van der Waals surface area contributed by atoms with Crippen molar-refractivity contribution in [3.05, 3.63) is 35.4 Å². The lowest BCUT2D eigenvalue weighted by atomic mass is 9.96. The van der Waals surface area contributed by atoms with Gasteiger partial charge in [-0.05, 0) is 72.1 Å². The van der Waals surface area contributed by atoms with Crippen LogP contribution in [0.1, 0.15) is 70.8 Å². The van der Waals surface area contributed by atoms with Gasteiger partial charge in [-0.1, -0.05) is 19.1 Å². The second-order valence-corrected chi connectivity index (χ2v) is 8.04. The summed E-state index contributed by atoms with van der Waals surface area (Å²) in [5, 5.41) is 0. The molecule has 134 valence electrons. The highest BCUT2D eigenvalue weighted by molar-refractivity contribution is 5.89. The topological polar surface area (TPSA) is 52.6 Å². The zero-order valence-corrected chi connectivity index (χ0v) is 15.9. The molecule has 1 atom stereocenters. The van der Waals surface area contributed by atoms with Gasteiger partial charge in [0.25, 0.3) is 0 Å². The van der Waals surface area contributed by atoms with Gasteiger partial charge in [0.15, 0.2) is 0 Å². The molecule has 0 fully saturated rings. The number of ether oxygens (including phenoxy) is 2. The summed E-state index contributed by atoms with van der Waals surface area (Å²) in [5.41, 5.74) is 0.518. The van der Waals surface area contributed by atoms with Gasteiger partial charge in [0.1, 0.15) is 11.2 Å². The van der Waals surface area contributed by atoms with Crippen LogP contribution >= 0.6 is 0 Å². The molecule has 1 rings (SSSR count). The highest BCUT2D eigenvalue weighted by atomic mass is 16.6. The van der Waals surface area contributed by atoms with Crippen LogP contribution in [-0.2, 0) is 20.7 Å². The molecule has 0 N–H and O–H groups in total. The van der Waals surface area contributed by atoms with E-state index in [0.29, 0.717) is 18.4 Å².